The number of carboxylic acid groups (broad SMARTS) is 1. The summed E-state index contributed by atoms with van der Waals surface area (Å²) in [7, 11) is 1.78. The van der Waals surface area contributed by atoms with Crippen molar-refractivity contribution in [2.45, 2.75) is 13.5 Å². The van der Waals surface area contributed by atoms with Gasteiger partial charge in [-0.25, -0.2) is 4.79 Å². The van der Waals surface area contributed by atoms with Crippen molar-refractivity contribution in [2.75, 3.05) is 0 Å². The second kappa shape index (κ2) is 6.36. The van der Waals surface area contributed by atoms with Crippen LogP contribution in [0.15, 0.2) is 24.4 Å². The van der Waals surface area contributed by atoms with Crippen molar-refractivity contribution in [3.05, 3.63) is 45.4 Å². The number of amides is 1. The van der Waals surface area contributed by atoms with Crippen molar-refractivity contribution in [1.82, 2.24) is 15.1 Å². The molecule has 2 aromatic rings. The van der Waals surface area contributed by atoms with Crippen LogP contribution >= 0.6 is 11.3 Å². The highest BCUT2D eigenvalue weighted by Gasteiger charge is 2.12. The third-order valence-electron chi connectivity index (χ3n) is 2.98. The van der Waals surface area contributed by atoms with Crippen molar-refractivity contribution in [3.63, 3.8) is 0 Å². The van der Waals surface area contributed by atoms with Crippen LogP contribution in [-0.2, 0) is 18.4 Å². The molecule has 0 saturated heterocycles. The summed E-state index contributed by atoms with van der Waals surface area (Å²) in [6.07, 6.45) is 4.16. The van der Waals surface area contributed by atoms with E-state index in [2.05, 4.69) is 10.4 Å². The quantitative estimate of drug-likeness (QED) is 0.825. The van der Waals surface area contributed by atoms with Gasteiger partial charge in [0.15, 0.2) is 0 Å². The van der Waals surface area contributed by atoms with Crippen LogP contribution < -0.4 is 5.32 Å². The molecule has 0 spiro atoms. The van der Waals surface area contributed by atoms with Crippen LogP contribution in [-0.4, -0.2) is 26.8 Å². The van der Waals surface area contributed by atoms with E-state index < -0.39 is 5.97 Å². The van der Waals surface area contributed by atoms with E-state index in [4.69, 9.17) is 5.11 Å². The van der Waals surface area contributed by atoms with Gasteiger partial charge in [-0.05, 0) is 25.1 Å². The Balaban J connectivity index is 1.96. The smallest absolute Gasteiger partial charge is 0.328 e. The van der Waals surface area contributed by atoms with Gasteiger partial charge in [0, 0.05) is 28.6 Å². The van der Waals surface area contributed by atoms with Gasteiger partial charge < -0.3 is 10.4 Å². The van der Waals surface area contributed by atoms with Crippen LogP contribution in [0.1, 0.15) is 25.8 Å². The summed E-state index contributed by atoms with van der Waals surface area (Å²) in [4.78, 5) is 24.2. The number of aromatic nitrogens is 2. The SMILES string of the molecule is Cc1c(C(=O)NCc2ccc(C=CC(=O)O)s2)cnn1C. The molecule has 110 valence electrons. The van der Waals surface area contributed by atoms with E-state index >= 15 is 0 Å². The van der Waals surface area contributed by atoms with E-state index in [1.54, 1.807) is 17.9 Å². The number of carboxylic acids is 1. The second-order valence-electron chi connectivity index (χ2n) is 4.43. The molecule has 0 aromatic carbocycles. The Labute approximate surface area is 125 Å². The number of aliphatic carboxylic acids is 1. The molecule has 0 aliphatic rings. The molecule has 0 saturated carbocycles. The largest absolute Gasteiger partial charge is 0.478 e. The molecular formula is C14H15N3O3S. The molecule has 0 fully saturated rings. The fourth-order valence-electron chi connectivity index (χ4n) is 1.72. The van der Waals surface area contributed by atoms with Gasteiger partial charge >= 0.3 is 5.97 Å². The van der Waals surface area contributed by atoms with Gasteiger partial charge in [0.2, 0.25) is 0 Å². The Morgan fingerprint density at radius 2 is 2.24 bits per heavy atom. The summed E-state index contributed by atoms with van der Waals surface area (Å²) in [5.74, 6) is -1.15. The van der Waals surface area contributed by atoms with Gasteiger partial charge in [-0.1, -0.05) is 0 Å². The molecule has 2 heterocycles. The Bertz CT molecular complexity index is 700. The van der Waals surface area contributed by atoms with Gasteiger partial charge in [0.25, 0.3) is 5.91 Å². The van der Waals surface area contributed by atoms with E-state index in [1.807, 2.05) is 19.1 Å². The topological polar surface area (TPSA) is 84.2 Å². The number of rotatable bonds is 5. The average Bonchev–Trinajstić information content (AvgIpc) is 3.02. The molecule has 6 nitrogen and oxygen atoms in total. The Morgan fingerprint density at radius 1 is 1.48 bits per heavy atom. The Morgan fingerprint density at radius 3 is 2.86 bits per heavy atom. The lowest BCUT2D eigenvalue weighted by molar-refractivity contribution is -0.131. The minimum Gasteiger partial charge on any atom is -0.478 e. The van der Waals surface area contributed by atoms with E-state index in [1.165, 1.54) is 17.4 Å². The molecular weight excluding hydrogens is 290 g/mol. The number of hydrogen-bond acceptors (Lipinski definition) is 4. The number of carbonyl (C=O) groups is 2. The molecule has 0 radical (unpaired) electrons. The summed E-state index contributed by atoms with van der Waals surface area (Å²) in [5, 5.41) is 15.4. The lowest BCUT2D eigenvalue weighted by atomic mass is 10.2. The van der Waals surface area contributed by atoms with Gasteiger partial charge in [0.05, 0.1) is 18.3 Å². The third kappa shape index (κ3) is 3.79. The summed E-state index contributed by atoms with van der Waals surface area (Å²) in [6.45, 7) is 2.24. The highest BCUT2D eigenvalue weighted by Crippen LogP contribution is 2.18. The number of hydrogen-bond donors (Lipinski definition) is 2. The fourth-order valence-corrected chi connectivity index (χ4v) is 2.57. The van der Waals surface area contributed by atoms with Crippen LogP contribution in [0.5, 0.6) is 0 Å². The number of nitrogens with one attached hydrogen (secondary N) is 1. The zero-order chi connectivity index (χ0) is 15.4. The van der Waals surface area contributed by atoms with Crippen LogP contribution in [0, 0.1) is 6.92 Å². The van der Waals surface area contributed by atoms with Crippen molar-refractivity contribution >= 4 is 29.3 Å². The molecule has 0 unspecified atom stereocenters. The first-order chi connectivity index (χ1) is 9.97. The van der Waals surface area contributed by atoms with Gasteiger partial charge in [-0.2, -0.15) is 5.10 Å². The summed E-state index contributed by atoms with van der Waals surface area (Å²) < 4.78 is 1.65. The van der Waals surface area contributed by atoms with Crippen LogP contribution in [0.25, 0.3) is 6.08 Å². The number of thiophene rings is 1. The summed E-state index contributed by atoms with van der Waals surface area (Å²) >= 11 is 1.44. The minimum atomic E-state index is -0.981. The Hall–Kier alpha value is -2.41. The standard InChI is InChI=1S/C14H15N3O3S/c1-9-12(8-16-17(9)2)14(20)15-7-11-4-3-10(21-11)5-6-13(18)19/h3-6,8H,7H2,1-2H3,(H,15,20)(H,18,19). The summed E-state index contributed by atoms with van der Waals surface area (Å²) in [5.41, 5.74) is 1.36. The van der Waals surface area contributed by atoms with Crippen molar-refractivity contribution in [3.8, 4) is 0 Å². The first-order valence-electron chi connectivity index (χ1n) is 6.24. The van der Waals surface area contributed by atoms with E-state index in [0.717, 1.165) is 21.5 Å². The molecule has 1 amide bonds. The monoisotopic (exact) mass is 305 g/mol. The fraction of sp³-hybridized carbons (Fsp3) is 0.214. The molecule has 21 heavy (non-hydrogen) atoms. The molecule has 0 aliphatic heterocycles. The number of aryl methyl sites for hydroxylation is 1. The van der Waals surface area contributed by atoms with E-state index in [9.17, 15) is 9.59 Å². The van der Waals surface area contributed by atoms with Crippen LogP contribution in [0.4, 0.5) is 0 Å². The predicted octanol–water partition coefficient (Wildman–Crippen LogP) is 1.82. The maximum atomic E-state index is 12.0. The van der Waals surface area contributed by atoms with Crippen molar-refractivity contribution < 1.29 is 14.7 Å². The summed E-state index contributed by atoms with van der Waals surface area (Å²) in [6, 6.07) is 3.68. The molecule has 0 aliphatic carbocycles. The van der Waals surface area contributed by atoms with Gasteiger partial charge in [0.1, 0.15) is 0 Å². The highest BCUT2D eigenvalue weighted by molar-refractivity contribution is 7.12. The first kappa shape index (κ1) is 15.0. The lowest BCUT2D eigenvalue weighted by Crippen LogP contribution is -2.22. The zero-order valence-electron chi connectivity index (χ0n) is 11.7. The zero-order valence-corrected chi connectivity index (χ0v) is 12.5. The van der Waals surface area contributed by atoms with E-state index in [-0.39, 0.29) is 5.91 Å². The van der Waals surface area contributed by atoms with Gasteiger partial charge in [-0.3, -0.25) is 9.48 Å². The number of nitrogens with zero attached hydrogens (tertiary/aromatic N) is 2. The van der Waals surface area contributed by atoms with Gasteiger partial charge in [-0.15, -0.1) is 11.3 Å². The maximum Gasteiger partial charge on any atom is 0.328 e. The van der Waals surface area contributed by atoms with Crippen molar-refractivity contribution in [1.29, 1.82) is 0 Å². The highest BCUT2D eigenvalue weighted by atomic mass is 32.1. The third-order valence-corrected chi connectivity index (χ3v) is 4.03. The molecule has 7 heteroatoms. The van der Waals surface area contributed by atoms with Crippen LogP contribution in [0.2, 0.25) is 0 Å². The molecule has 2 rings (SSSR count). The van der Waals surface area contributed by atoms with E-state index in [0.29, 0.717) is 12.1 Å². The average molecular weight is 305 g/mol. The van der Waals surface area contributed by atoms with Crippen molar-refractivity contribution in [2.24, 2.45) is 7.05 Å². The lowest BCUT2D eigenvalue weighted by Gasteiger charge is -2.03. The molecule has 2 aromatic heterocycles. The molecule has 2 N–H and O–H groups in total. The normalized spacial score (nSPS) is 11.0. The Kier molecular flexibility index (Phi) is 4.54. The predicted molar refractivity (Wildman–Crippen MR) is 80.1 cm³/mol. The second-order valence-corrected chi connectivity index (χ2v) is 5.63. The maximum absolute atomic E-state index is 12.0. The number of carbonyl (C=O) groups excluding carboxylic acids is 1. The molecule has 0 bridgehead atoms. The first-order valence-corrected chi connectivity index (χ1v) is 7.05. The molecule has 0 atom stereocenters. The minimum absolute atomic E-state index is 0.170. The van der Waals surface area contributed by atoms with Crippen LogP contribution in [0.3, 0.4) is 0 Å².